The average molecular weight is 439 g/mol. The van der Waals surface area contributed by atoms with E-state index in [1.807, 2.05) is 0 Å². The first-order valence-electron chi connectivity index (χ1n) is 10.4. The summed E-state index contributed by atoms with van der Waals surface area (Å²) in [5, 5.41) is 11.8. The SMILES string of the molecule is O=[N+]([O-])c1cc(S(=O)(=O)N2CCOCC2)ccc1SC12CC3CC(CC(C3)C1)C2. The third-order valence-electron chi connectivity index (χ3n) is 7.04. The molecule has 0 amide bonds. The summed E-state index contributed by atoms with van der Waals surface area (Å²) in [7, 11) is -3.75. The summed E-state index contributed by atoms with van der Waals surface area (Å²) in [6, 6.07) is 4.46. The maximum Gasteiger partial charge on any atom is 0.284 e. The summed E-state index contributed by atoms with van der Waals surface area (Å²) < 4.78 is 32.5. The number of benzene rings is 1. The lowest BCUT2D eigenvalue weighted by molar-refractivity contribution is -0.388. The maximum atomic E-state index is 12.9. The van der Waals surface area contributed by atoms with Gasteiger partial charge >= 0.3 is 0 Å². The van der Waals surface area contributed by atoms with E-state index >= 15 is 0 Å². The summed E-state index contributed by atoms with van der Waals surface area (Å²) in [5.41, 5.74) is -0.0833. The van der Waals surface area contributed by atoms with Crippen LogP contribution in [-0.2, 0) is 14.8 Å². The van der Waals surface area contributed by atoms with Crippen molar-refractivity contribution in [3.63, 3.8) is 0 Å². The van der Waals surface area contributed by atoms with Crippen LogP contribution in [0.5, 0.6) is 0 Å². The summed E-state index contributed by atoms with van der Waals surface area (Å²) in [5.74, 6) is 2.27. The van der Waals surface area contributed by atoms with Crippen molar-refractivity contribution in [3.8, 4) is 0 Å². The first kappa shape index (κ1) is 19.8. The van der Waals surface area contributed by atoms with Crippen molar-refractivity contribution < 1.29 is 18.1 Å². The Hall–Kier alpha value is -1.16. The van der Waals surface area contributed by atoms with Gasteiger partial charge in [0.05, 0.1) is 27.9 Å². The molecular formula is C20H26N2O5S2. The van der Waals surface area contributed by atoms with Crippen molar-refractivity contribution in [2.75, 3.05) is 26.3 Å². The molecule has 6 rings (SSSR count). The number of nitro groups is 1. The Morgan fingerprint density at radius 3 is 2.21 bits per heavy atom. The Bertz CT molecular complexity index is 892. The molecule has 1 saturated heterocycles. The fourth-order valence-corrected chi connectivity index (χ4v) is 9.44. The molecule has 4 saturated carbocycles. The lowest BCUT2D eigenvalue weighted by Gasteiger charge is -2.56. The van der Waals surface area contributed by atoms with Crippen molar-refractivity contribution in [2.24, 2.45) is 17.8 Å². The van der Waals surface area contributed by atoms with E-state index in [0.717, 1.165) is 37.0 Å². The minimum atomic E-state index is -3.75. The Morgan fingerprint density at radius 1 is 1.07 bits per heavy atom. The third-order valence-corrected chi connectivity index (χ3v) is 10.4. The van der Waals surface area contributed by atoms with Gasteiger partial charge in [-0.1, -0.05) is 0 Å². The van der Waals surface area contributed by atoms with Gasteiger partial charge in [-0.3, -0.25) is 10.1 Å². The van der Waals surface area contributed by atoms with Crippen LogP contribution in [0, 0.1) is 27.9 Å². The molecule has 0 aromatic heterocycles. The van der Waals surface area contributed by atoms with Crippen LogP contribution in [-0.4, -0.2) is 48.7 Å². The van der Waals surface area contributed by atoms with Crippen LogP contribution < -0.4 is 0 Å². The highest BCUT2D eigenvalue weighted by molar-refractivity contribution is 8.00. The van der Waals surface area contributed by atoms with Gasteiger partial charge in [-0.15, -0.1) is 11.8 Å². The lowest BCUT2D eigenvalue weighted by atomic mass is 9.56. The van der Waals surface area contributed by atoms with Crippen LogP contribution in [0.15, 0.2) is 28.0 Å². The van der Waals surface area contributed by atoms with E-state index in [1.165, 1.54) is 29.6 Å². The Kier molecular flexibility index (Phi) is 4.92. The molecule has 0 N–H and O–H groups in total. The largest absolute Gasteiger partial charge is 0.379 e. The Labute approximate surface area is 175 Å². The third kappa shape index (κ3) is 3.60. The number of ether oxygens (including phenoxy) is 1. The zero-order valence-electron chi connectivity index (χ0n) is 16.3. The summed E-state index contributed by atoms with van der Waals surface area (Å²) in [4.78, 5) is 12.0. The van der Waals surface area contributed by atoms with E-state index in [1.54, 1.807) is 23.9 Å². The summed E-state index contributed by atoms with van der Waals surface area (Å²) in [6.45, 7) is 1.25. The van der Waals surface area contributed by atoms with Crippen molar-refractivity contribution in [2.45, 2.75) is 53.1 Å². The van der Waals surface area contributed by atoms with Gasteiger partial charge in [0.1, 0.15) is 0 Å². The molecule has 0 unspecified atom stereocenters. The predicted octanol–water partition coefficient (Wildman–Crippen LogP) is 3.68. The van der Waals surface area contributed by atoms with Gasteiger partial charge in [0.15, 0.2) is 0 Å². The fourth-order valence-electron chi connectivity index (χ4n) is 6.21. The van der Waals surface area contributed by atoms with E-state index < -0.39 is 14.9 Å². The highest BCUT2D eigenvalue weighted by atomic mass is 32.2. The fraction of sp³-hybridized carbons (Fsp3) is 0.700. The van der Waals surface area contributed by atoms with Gasteiger partial charge in [0, 0.05) is 23.9 Å². The second kappa shape index (κ2) is 7.21. The molecule has 5 aliphatic rings. The molecule has 0 atom stereocenters. The Balaban J connectivity index is 1.45. The van der Waals surface area contributed by atoms with Crippen LogP contribution in [0.25, 0.3) is 0 Å². The first-order valence-corrected chi connectivity index (χ1v) is 12.7. The molecular weight excluding hydrogens is 412 g/mol. The van der Waals surface area contributed by atoms with E-state index in [2.05, 4.69) is 0 Å². The predicted molar refractivity (Wildman–Crippen MR) is 109 cm³/mol. The minimum Gasteiger partial charge on any atom is -0.379 e. The van der Waals surface area contributed by atoms with Gasteiger partial charge < -0.3 is 4.74 Å². The number of morpholine rings is 1. The molecule has 1 aromatic rings. The first-order chi connectivity index (χ1) is 13.8. The van der Waals surface area contributed by atoms with Gasteiger partial charge in [0.2, 0.25) is 10.0 Å². The number of sulfonamides is 1. The summed E-state index contributed by atoms with van der Waals surface area (Å²) >= 11 is 1.64. The van der Waals surface area contributed by atoms with Crippen molar-refractivity contribution in [3.05, 3.63) is 28.3 Å². The molecule has 4 bridgehead atoms. The smallest absolute Gasteiger partial charge is 0.284 e. The van der Waals surface area contributed by atoms with Gasteiger partial charge in [0.25, 0.3) is 5.69 Å². The zero-order valence-corrected chi connectivity index (χ0v) is 17.9. The molecule has 9 heteroatoms. The number of nitro benzene ring substituents is 1. The second-order valence-electron chi connectivity index (χ2n) is 9.11. The van der Waals surface area contributed by atoms with Crippen LogP contribution in [0.1, 0.15) is 38.5 Å². The number of thioether (sulfide) groups is 1. The Morgan fingerprint density at radius 2 is 1.66 bits per heavy atom. The molecule has 7 nitrogen and oxygen atoms in total. The van der Waals surface area contributed by atoms with E-state index in [-0.39, 0.29) is 28.4 Å². The number of nitrogens with zero attached hydrogens (tertiary/aromatic N) is 2. The summed E-state index contributed by atoms with van der Waals surface area (Å²) in [6.07, 6.45) is 7.36. The monoisotopic (exact) mass is 438 g/mol. The van der Waals surface area contributed by atoms with Crippen LogP contribution in [0.3, 0.4) is 0 Å². The maximum absolute atomic E-state index is 12.9. The van der Waals surface area contributed by atoms with Gasteiger partial charge in [-0.2, -0.15) is 4.31 Å². The number of hydrogen-bond donors (Lipinski definition) is 0. The van der Waals surface area contributed by atoms with Crippen molar-refractivity contribution >= 4 is 27.5 Å². The minimum absolute atomic E-state index is 0.000891. The molecule has 4 aliphatic carbocycles. The molecule has 1 aliphatic heterocycles. The zero-order chi connectivity index (χ0) is 20.2. The standard InChI is InChI=1S/C20H26N2O5S2/c23-22(24)18-10-17(29(25,26)21-3-5-27-6-4-21)1-2-19(18)28-20-11-14-7-15(12-20)9-16(8-14)13-20/h1-2,10,14-16H,3-9,11-13H2. The van der Waals surface area contributed by atoms with Crippen LogP contribution in [0.2, 0.25) is 0 Å². The molecule has 0 spiro atoms. The van der Waals surface area contributed by atoms with E-state index in [4.69, 9.17) is 4.74 Å². The highest BCUT2D eigenvalue weighted by Crippen LogP contribution is 2.62. The molecule has 5 fully saturated rings. The van der Waals surface area contributed by atoms with Crippen LogP contribution >= 0.6 is 11.8 Å². The highest BCUT2D eigenvalue weighted by Gasteiger charge is 2.52. The van der Waals surface area contributed by atoms with Gasteiger partial charge in [-0.25, -0.2) is 8.42 Å². The topological polar surface area (TPSA) is 89.8 Å². The van der Waals surface area contributed by atoms with Gasteiger partial charge in [-0.05, 0) is 68.4 Å². The number of hydrogen-bond acceptors (Lipinski definition) is 6. The normalized spacial score (nSPS) is 34.4. The molecule has 1 aromatic carbocycles. The second-order valence-corrected chi connectivity index (χ2v) is 12.6. The van der Waals surface area contributed by atoms with Crippen molar-refractivity contribution in [1.82, 2.24) is 4.31 Å². The number of rotatable bonds is 5. The van der Waals surface area contributed by atoms with Crippen LogP contribution in [0.4, 0.5) is 5.69 Å². The van der Waals surface area contributed by atoms with Crippen molar-refractivity contribution in [1.29, 1.82) is 0 Å². The quantitative estimate of drug-likeness (QED) is 0.515. The lowest BCUT2D eigenvalue weighted by Crippen LogP contribution is -2.48. The average Bonchev–Trinajstić information content (AvgIpc) is 2.67. The van der Waals surface area contributed by atoms with E-state index in [9.17, 15) is 18.5 Å². The van der Waals surface area contributed by atoms with E-state index in [0.29, 0.717) is 18.1 Å². The molecule has 1 heterocycles. The molecule has 158 valence electrons. The molecule has 29 heavy (non-hydrogen) atoms. The molecule has 0 radical (unpaired) electrons.